The van der Waals surface area contributed by atoms with Gasteiger partial charge in [0.2, 0.25) is 5.91 Å². The zero-order chi connectivity index (χ0) is 13.1. The molecule has 1 rings (SSSR count). The van der Waals surface area contributed by atoms with Crippen LogP contribution in [0.15, 0.2) is 0 Å². The Morgan fingerprint density at radius 1 is 1.65 bits per heavy atom. The smallest absolute Gasteiger partial charge is 0.304 e. The first kappa shape index (κ1) is 13.9. The van der Waals surface area contributed by atoms with Crippen LogP contribution in [0.4, 0.5) is 0 Å². The van der Waals surface area contributed by atoms with Crippen LogP contribution in [-0.2, 0) is 19.8 Å². The minimum atomic E-state index is -3.74. The summed E-state index contributed by atoms with van der Waals surface area (Å²) < 4.78 is 26.6. The van der Waals surface area contributed by atoms with Crippen LogP contribution in [0.2, 0.25) is 0 Å². The summed E-state index contributed by atoms with van der Waals surface area (Å²) >= 11 is 0. The molecule has 9 heteroatoms. The number of hydrogen-bond donors (Lipinski definition) is 3. The average Bonchev–Trinajstić information content (AvgIpc) is 2.59. The molecule has 1 aliphatic heterocycles. The summed E-state index contributed by atoms with van der Waals surface area (Å²) in [6.45, 7) is 0.142. The fraction of sp³-hybridized carbons (Fsp3) is 0.750. The number of hydrogen-bond acceptors (Lipinski definition) is 4. The summed E-state index contributed by atoms with van der Waals surface area (Å²) in [5.74, 6) is -1.27. The molecular formula is C8H15N3O5S. The lowest BCUT2D eigenvalue weighted by molar-refractivity contribution is -0.137. The summed E-state index contributed by atoms with van der Waals surface area (Å²) in [7, 11) is -2.45. The van der Waals surface area contributed by atoms with Crippen molar-refractivity contribution in [3.05, 3.63) is 0 Å². The van der Waals surface area contributed by atoms with Crippen molar-refractivity contribution in [1.29, 1.82) is 0 Å². The Labute approximate surface area is 99.2 Å². The van der Waals surface area contributed by atoms with E-state index in [-0.39, 0.29) is 31.8 Å². The number of carbonyl (C=O) groups is 2. The summed E-state index contributed by atoms with van der Waals surface area (Å²) in [6, 6.07) is -0.472. The molecule has 1 atom stereocenters. The van der Waals surface area contributed by atoms with Gasteiger partial charge in [-0.3, -0.25) is 9.59 Å². The van der Waals surface area contributed by atoms with Crippen LogP contribution in [0.1, 0.15) is 12.8 Å². The number of nitrogens with one attached hydrogen (secondary N) is 2. The summed E-state index contributed by atoms with van der Waals surface area (Å²) in [5.41, 5.74) is 0. The highest BCUT2D eigenvalue weighted by molar-refractivity contribution is 7.87. The molecule has 8 nitrogen and oxygen atoms in total. The number of carboxylic acids is 1. The number of nitrogens with zero attached hydrogens (tertiary/aromatic N) is 1. The lowest BCUT2D eigenvalue weighted by atomic mass is 10.3. The van der Waals surface area contributed by atoms with Crippen molar-refractivity contribution in [2.24, 2.45) is 0 Å². The highest BCUT2D eigenvalue weighted by Crippen LogP contribution is 2.04. The molecule has 0 bridgehead atoms. The van der Waals surface area contributed by atoms with Crippen molar-refractivity contribution < 1.29 is 23.1 Å². The topological polar surface area (TPSA) is 116 Å². The molecule has 1 fully saturated rings. The maximum atomic E-state index is 11.7. The van der Waals surface area contributed by atoms with Crippen molar-refractivity contribution in [3.8, 4) is 0 Å². The molecule has 1 heterocycles. The van der Waals surface area contributed by atoms with Crippen LogP contribution in [0.25, 0.3) is 0 Å². The second-order valence-electron chi connectivity index (χ2n) is 3.79. The first-order chi connectivity index (χ1) is 7.81. The van der Waals surface area contributed by atoms with Crippen LogP contribution in [-0.4, -0.2) is 55.9 Å². The molecule has 0 aromatic carbocycles. The summed E-state index contributed by atoms with van der Waals surface area (Å²) in [4.78, 5) is 21.2. The second-order valence-corrected chi connectivity index (χ2v) is 5.60. The monoisotopic (exact) mass is 265 g/mol. The molecule has 1 aliphatic rings. The Hall–Kier alpha value is -1.19. The van der Waals surface area contributed by atoms with Gasteiger partial charge in [-0.2, -0.15) is 17.4 Å². The van der Waals surface area contributed by atoms with E-state index >= 15 is 0 Å². The minimum absolute atomic E-state index is 0.103. The lowest BCUT2D eigenvalue weighted by Gasteiger charge is -2.19. The third kappa shape index (κ3) is 4.29. The second kappa shape index (κ2) is 5.43. The molecule has 1 unspecified atom stereocenters. The van der Waals surface area contributed by atoms with E-state index in [9.17, 15) is 18.0 Å². The van der Waals surface area contributed by atoms with Gasteiger partial charge >= 0.3 is 5.97 Å². The Bertz CT molecular complexity index is 407. The zero-order valence-corrected chi connectivity index (χ0v) is 10.2. The van der Waals surface area contributed by atoms with Crippen molar-refractivity contribution >= 4 is 22.1 Å². The maximum Gasteiger partial charge on any atom is 0.304 e. The highest BCUT2D eigenvalue weighted by atomic mass is 32.2. The summed E-state index contributed by atoms with van der Waals surface area (Å²) in [6.07, 6.45) is -0.161. The molecule has 1 amide bonds. The van der Waals surface area contributed by atoms with Gasteiger partial charge < -0.3 is 10.4 Å². The Kier molecular flexibility index (Phi) is 4.43. The Morgan fingerprint density at radius 2 is 2.29 bits per heavy atom. The molecule has 0 aliphatic carbocycles. The minimum Gasteiger partial charge on any atom is -0.481 e. The third-order valence-corrected chi connectivity index (χ3v) is 3.98. The van der Waals surface area contributed by atoms with Crippen LogP contribution < -0.4 is 10.0 Å². The van der Waals surface area contributed by atoms with Gasteiger partial charge in [-0.15, -0.1) is 0 Å². The van der Waals surface area contributed by atoms with Crippen LogP contribution in [0, 0.1) is 0 Å². The first-order valence-electron chi connectivity index (χ1n) is 5.03. The van der Waals surface area contributed by atoms with Gasteiger partial charge in [0.15, 0.2) is 0 Å². The van der Waals surface area contributed by atoms with E-state index in [2.05, 4.69) is 10.0 Å². The van der Waals surface area contributed by atoms with Crippen molar-refractivity contribution in [2.45, 2.75) is 18.9 Å². The zero-order valence-electron chi connectivity index (χ0n) is 9.34. The van der Waals surface area contributed by atoms with Gasteiger partial charge in [0.05, 0.1) is 6.42 Å². The molecule has 0 saturated carbocycles. The van der Waals surface area contributed by atoms with Gasteiger partial charge in [0.1, 0.15) is 0 Å². The number of rotatable bonds is 6. The fourth-order valence-electron chi connectivity index (χ4n) is 1.36. The average molecular weight is 265 g/mol. The molecule has 98 valence electrons. The van der Waals surface area contributed by atoms with Crippen molar-refractivity contribution in [2.75, 3.05) is 20.1 Å². The predicted molar refractivity (Wildman–Crippen MR) is 58.4 cm³/mol. The maximum absolute atomic E-state index is 11.7. The van der Waals surface area contributed by atoms with Crippen molar-refractivity contribution in [1.82, 2.24) is 14.3 Å². The molecule has 17 heavy (non-hydrogen) atoms. The largest absolute Gasteiger partial charge is 0.481 e. The molecule has 1 saturated heterocycles. The molecule has 0 aromatic rings. The quantitative estimate of drug-likeness (QED) is 0.519. The molecule has 0 aromatic heterocycles. The number of carboxylic acid groups (broad SMARTS) is 1. The highest BCUT2D eigenvalue weighted by Gasteiger charge is 2.28. The van der Waals surface area contributed by atoms with E-state index in [1.807, 2.05) is 0 Å². The molecule has 0 radical (unpaired) electrons. The van der Waals surface area contributed by atoms with E-state index < -0.39 is 22.2 Å². The fourth-order valence-corrected chi connectivity index (χ4v) is 2.46. The van der Waals surface area contributed by atoms with Crippen molar-refractivity contribution in [3.63, 3.8) is 0 Å². The van der Waals surface area contributed by atoms with E-state index in [4.69, 9.17) is 5.11 Å². The summed E-state index contributed by atoms with van der Waals surface area (Å²) in [5, 5.41) is 11.0. The van der Waals surface area contributed by atoms with Crippen LogP contribution >= 0.6 is 0 Å². The van der Waals surface area contributed by atoms with Gasteiger partial charge in [-0.05, 0) is 0 Å². The standard InChI is InChI=1S/C8H15N3O5S/c1-11(3-2-8(13)14)17(15,16)10-6-4-7(12)9-5-6/h6,10H,2-5H2,1H3,(H,9,12)(H,13,14). The Balaban J connectivity index is 2.49. The van der Waals surface area contributed by atoms with Gasteiger partial charge in [-0.25, -0.2) is 0 Å². The van der Waals surface area contributed by atoms with E-state index in [1.165, 1.54) is 7.05 Å². The van der Waals surface area contributed by atoms with Gasteiger partial charge in [-0.1, -0.05) is 0 Å². The lowest BCUT2D eigenvalue weighted by Crippen LogP contribution is -2.45. The van der Waals surface area contributed by atoms with Crippen LogP contribution in [0.5, 0.6) is 0 Å². The molecule has 3 N–H and O–H groups in total. The Morgan fingerprint density at radius 3 is 2.76 bits per heavy atom. The number of carbonyl (C=O) groups excluding carboxylic acids is 1. The van der Waals surface area contributed by atoms with E-state index in [1.54, 1.807) is 0 Å². The third-order valence-electron chi connectivity index (χ3n) is 2.34. The number of amides is 1. The van der Waals surface area contributed by atoms with Gasteiger partial charge in [0, 0.05) is 32.6 Å². The number of aliphatic carboxylic acids is 1. The normalized spacial score (nSPS) is 20.6. The molecule has 0 spiro atoms. The van der Waals surface area contributed by atoms with E-state index in [0.29, 0.717) is 0 Å². The predicted octanol–water partition coefficient (Wildman–Crippen LogP) is -1.88. The van der Waals surface area contributed by atoms with E-state index in [0.717, 1.165) is 4.31 Å². The SMILES string of the molecule is CN(CCC(=O)O)S(=O)(=O)NC1CNC(=O)C1. The van der Waals surface area contributed by atoms with Gasteiger partial charge in [0.25, 0.3) is 10.2 Å². The first-order valence-corrected chi connectivity index (χ1v) is 6.47. The van der Waals surface area contributed by atoms with Crippen LogP contribution in [0.3, 0.4) is 0 Å². The molecular weight excluding hydrogens is 250 g/mol.